The third-order valence-electron chi connectivity index (χ3n) is 8.23. The first-order valence-electron chi connectivity index (χ1n) is 14.1. The summed E-state index contributed by atoms with van der Waals surface area (Å²) in [5.74, 6) is 14.3. The molecule has 2 heteroatoms. The predicted octanol–water partition coefficient (Wildman–Crippen LogP) is 9.79. The van der Waals surface area contributed by atoms with Gasteiger partial charge in [0.25, 0.3) is 0 Å². The molecule has 0 fully saturated rings. The molecule has 3 aliphatic rings. The number of fused-ring (bicyclic) bond motifs is 3. The van der Waals surface area contributed by atoms with Gasteiger partial charge in [-0.25, -0.2) is 0 Å². The number of rotatable bonds is 2. The van der Waals surface area contributed by atoms with E-state index in [4.69, 9.17) is 0 Å². The average molecular weight is 573 g/mol. The summed E-state index contributed by atoms with van der Waals surface area (Å²) in [7, 11) is 0. The summed E-state index contributed by atoms with van der Waals surface area (Å²) in [6.07, 6.45) is 4.75. The van der Waals surface area contributed by atoms with E-state index in [2.05, 4.69) is 135 Å². The monoisotopic (exact) mass is 572 g/mol. The molecule has 2 unspecified atom stereocenters. The van der Waals surface area contributed by atoms with Gasteiger partial charge in [-0.1, -0.05) is 121 Å². The topological polar surface area (TPSA) is 0 Å². The molecular weight excluding hydrogens is 545 g/mol. The van der Waals surface area contributed by atoms with E-state index in [1.54, 1.807) is 0 Å². The number of hydrogen-bond donors (Lipinski definition) is 0. The van der Waals surface area contributed by atoms with Crippen molar-refractivity contribution in [2.75, 3.05) is 0 Å². The van der Waals surface area contributed by atoms with Crippen LogP contribution in [-0.4, -0.2) is 9.49 Å². The van der Waals surface area contributed by atoms with Crippen LogP contribution < -0.4 is 0 Å². The first-order chi connectivity index (χ1) is 20.5. The minimum absolute atomic E-state index is 0.246. The Morgan fingerprint density at radius 2 is 0.762 bits per heavy atom. The van der Waals surface area contributed by atoms with Crippen LogP contribution in [0.25, 0.3) is 9.81 Å². The van der Waals surface area contributed by atoms with Crippen LogP contribution in [0.5, 0.6) is 0 Å². The molecule has 2 heterocycles. The number of allylic oxidation sites excluding steroid dienone is 4. The van der Waals surface area contributed by atoms with Gasteiger partial charge in [0.2, 0.25) is 0 Å². The lowest BCUT2D eigenvalue weighted by Gasteiger charge is -2.46. The molecular formula is C40H28S2. The molecule has 0 bridgehead atoms. The van der Waals surface area contributed by atoms with Crippen LogP contribution in [0.15, 0.2) is 156 Å². The highest BCUT2D eigenvalue weighted by molar-refractivity contribution is 8.14. The van der Waals surface area contributed by atoms with Gasteiger partial charge in [-0.2, -0.15) is 0 Å². The van der Waals surface area contributed by atoms with Crippen LogP contribution in [0.1, 0.15) is 36.1 Å². The summed E-state index contributed by atoms with van der Waals surface area (Å²) in [5, 5.41) is 0. The lowest BCUT2D eigenvalue weighted by Crippen LogP contribution is -2.47. The fourth-order valence-electron chi connectivity index (χ4n) is 5.81. The van der Waals surface area contributed by atoms with Gasteiger partial charge in [-0.3, -0.25) is 0 Å². The maximum atomic E-state index is 3.65. The van der Waals surface area contributed by atoms with E-state index in [-0.39, 0.29) is 9.49 Å². The average Bonchev–Trinajstić information content (AvgIpc) is 3.60. The normalized spacial score (nSPS) is 22.2. The lowest BCUT2D eigenvalue weighted by atomic mass is 9.71. The van der Waals surface area contributed by atoms with E-state index in [1.165, 1.54) is 32.1 Å². The molecule has 0 nitrogen and oxygen atoms in total. The van der Waals surface area contributed by atoms with E-state index < -0.39 is 0 Å². The molecule has 1 aliphatic carbocycles. The smallest absolute Gasteiger partial charge is 0.0629 e. The Kier molecular flexibility index (Phi) is 6.84. The van der Waals surface area contributed by atoms with Gasteiger partial charge in [0, 0.05) is 32.1 Å². The molecule has 4 aromatic rings. The molecule has 0 radical (unpaired) electrons. The Labute approximate surface area is 257 Å². The molecule has 0 saturated heterocycles. The fourth-order valence-corrected chi connectivity index (χ4v) is 8.95. The highest BCUT2D eigenvalue weighted by Crippen LogP contribution is 2.68. The molecule has 200 valence electrons. The second-order valence-corrected chi connectivity index (χ2v) is 13.8. The fraction of sp³-hybridized carbons (Fsp3) is 0.100. The summed E-state index contributed by atoms with van der Waals surface area (Å²) in [6.45, 7) is 4.81. The Morgan fingerprint density at radius 1 is 0.429 bits per heavy atom. The van der Waals surface area contributed by atoms with Crippen LogP contribution in [0.2, 0.25) is 0 Å². The second-order valence-electron chi connectivity index (χ2n) is 10.8. The standard InChI is InChI=1S/C40H28S2/c1-39-35(27-37(41-39)31-19-11-5-12-20-31)33(25-23-29-15-7-3-8-16-29)34(26-24-30-17-9-4-10-18-30)36-28-38(42-40(36,39)2)32-21-13-6-14-22-32/h3-22,27-28H,1-2H3. The Balaban J connectivity index is 1.50. The Morgan fingerprint density at radius 3 is 1.12 bits per heavy atom. The van der Waals surface area contributed by atoms with Crippen LogP contribution in [0.3, 0.4) is 0 Å². The highest BCUT2D eigenvalue weighted by Gasteiger charge is 2.59. The van der Waals surface area contributed by atoms with Crippen molar-refractivity contribution >= 4 is 33.3 Å². The molecule has 2 aliphatic heterocycles. The van der Waals surface area contributed by atoms with Crippen molar-refractivity contribution in [3.63, 3.8) is 0 Å². The zero-order chi connectivity index (χ0) is 28.6. The molecule has 4 aromatic carbocycles. The summed E-state index contributed by atoms with van der Waals surface area (Å²) >= 11 is 3.93. The van der Waals surface area contributed by atoms with E-state index in [0.717, 1.165) is 22.3 Å². The third-order valence-corrected chi connectivity index (χ3v) is 11.6. The predicted molar refractivity (Wildman–Crippen MR) is 182 cm³/mol. The summed E-state index contributed by atoms with van der Waals surface area (Å²) < 4.78 is -0.492. The minimum Gasteiger partial charge on any atom is -0.112 e. The van der Waals surface area contributed by atoms with E-state index in [9.17, 15) is 0 Å². The van der Waals surface area contributed by atoms with Crippen molar-refractivity contribution in [2.45, 2.75) is 23.3 Å². The Hall–Kier alpha value is -4.34. The number of benzene rings is 4. The van der Waals surface area contributed by atoms with Crippen LogP contribution in [-0.2, 0) is 0 Å². The maximum absolute atomic E-state index is 3.65. The quantitative estimate of drug-likeness (QED) is 0.219. The maximum Gasteiger partial charge on any atom is 0.0629 e. The third kappa shape index (κ3) is 4.59. The zero-order valence-electron chi connectivity index (χ0n) is 23.5. The van der Waals surface area contributed by atoms with Gasteiger partial charge in [-0.15, -0.1) is 23.5 Å². The largest absolute Gasteiger partial charge is 0.112 e. The van der Waals surface area contributed by atoms with Crippen LogP contribution in [0, 0.1) is 23.7 Å². The van der Waals surface area contributed by atoms with E-state index in [1.807, 2.05) is 59.9 Å². The van der Waals surface area contributed by atoms with Crippen molar-refractivity contribution in [1.82, 2.24) is 0 Å². The lowest BCUT2D eigenvalue weighted by molar-refractivity contribution is 0.613. The molecule has 42 heavy (non-hydrogen) atoms. The van der Waals surface area contributed by atoms with Crippen molar-refractivity contribution in [1.29, 1.82) is 0 Å². The molecule has 0 saturated carbocycles. The first-order valence-corrected chi connectivity index (χ1v) is 15.7. The zero-order valence-corrected chi connectivity index (χ0v) is 25.2. The van der Waals surface area contributed by atoms with Gasteiger partial charge in [0.15, 0.2) is 0 Å². The SMILES string of the molecule is CC12SC(c3ccccc3)=CC1=C(C#Cc1ccccc1)C(C#Cc1ccccc1)=C1C=C(c3ccccc3)SC12C. The summed E-state index contributed by atoms with van der Waals surface area (Å²) in [5.41, 5.74) is 9.05. The highest BCUT2D eigenvalue weighted by atomic mass is 32.2. The van der Waals surface area contributed by atoms with Gasteiger partial charge in [0.05, 0.1) is 9.49 Å². The van der Waals surface area contributed by atoms with Crippen LogP contribution in [0.4, 0.5) is 0 Å². The van der Waals surface area contributed by atoms with Gasteiger partial charge < -0.3 is 0 Å². The molecule has 0 N–H and O–H groups in total. The van der Waals surface area contributed by atoms with Gasteiger partial charge in [0.1, 0.15) is 0 Å². The molecule has 0 spiro atoms. The summed E-state index contributed by atoms with van der Waals surface area (Å²) in [4.78, 5) is 2.55. The molecule has 7 rings (SSSR count). The van der Waals surface area contributed by atoms with Crippen molar-refractivity contribution < 1.29 is 0 Å². The van der Waals surface area contributed by atoms with Crippen molar-refractivity contribution in [3.05, 3.63) is 178 Å². The summed E-state index contributed by atoms with van der Waals surface area (Å²) in [6, 6.07) is 42.0. The van der Waals surface area contributed by atoms with E-state index >= 15 is 0 Å². The number of thioether (sulfide) groups is 2. The van der Waals surface area contributed by atoms with Gasteiger partial charge >= 0.3 is 0 Å². The van der Waals surface area contributed by atoms with Crippen LogP contribution >= 0.6 is 23.5 Å². The first kappa shape index (κ1) is 26.6. The van der Waals surface area contributed by atoms with Gasteiger partial charge in [-0.05, 0) is 72.5 Å². The second kappa shape index (κ2) is 10.8. The molecule has 2 atom stereocenters. The Bertz CT molecular complexity index is 1780. The number of hydrogen-bond acceptors (Lipinski definition) is 2. The van der Waals surface area contributed by atoms with E-state index in [0.29, 0.717) is 0 Å². The molecule has 0 aromatic heterocycles. The minimum atomic E-state index is -0.246. The molecule has 0 amide bonds. The van der Waals surface area contributed by atoms with Crippen molar-refractivity contribution in [2.24, 2.45) is 0 Å². The van der Waals surface area contributed by atoms with Crippen molar-refractivity contribution in [3.8, 4) is 23.7 Å².